The highest BCUT2D eigenvalue weighted by molar-refractivity contribution is 5.79. The van der Waals surface area contributed by atoms with Crippen molar-refractivity contribution in [1.29, 1.82) is 0 Å². The summed E-state index contributed by atoms with van der Waals surface area (Å²) in [5.74, 6) is 0.345. The first kappa shape index (κ1) is 19.5. The number of amides is 2. The lowest BCUT2D eigenvalue weighted by Gasteiger charge is -2.26. The molecule has 0 bridgehead atoms. The first-order valence-electron chi connectivity index (χ1n) is 9.62. The quantitative estimate of drug-likeness (QED) is 0.750. The zero-order valence-corrected chi connectivity index (χ0v) is 16.2. The van der Waals surface area contributed by atoms with E-state index in [4.69, 9.17) is 0 Å². The van der Waals surface area contributed by atoms with Gasteiger partial charge in [-0.15, -0.1) is 0 Å². The number of hydrogen-bond donors (Lipinski definition) is 0. The number of carbonyl (C=O) groups is 2. The lowest BCUT2D eigenvalue weighted by molar-refractivity contribution is -0.133. The van der Waals surface area contributed by atoms with Crippen molar-refractivity contribution >= 4 is 11.8 Å². The standard InChI is InChI=1S/C21H32N2O2/c1-5-22(6-2)20(24)10-7-11-21(25)23-14-8-9-19(23)18-13-12-16(3)17(4)15-18/h12-13,15,19H,5-11,14H2,1-4H3. The molecular weight excluding hydrogens is 312 g/mol. The number of aryl methyl sites for hydroxylation is 2. The van der Waals surface area contributed by atoms with Crippen LogP contribution in [-0.2, 0) is 9.59 Å². The van der Waals surface area contributed by atoms with Gasteiger partial charge in [0.25, 0.3) is 0 Å². The fraction of sp³-hybridized carbons (Fsp3) is 0.619. The third-order valence-corrected chi connectivity index (χ3v) is 5.39. The summed E-state index contributed by atoms with van der Waals surface area (Å²) in [5.41, 5.74) is 3.81. The smallest absolute Gasteiger partial charge is 0.223 e. The van der Waals surface area contributed by atoms with E-state index in [1.54, 1.807) is 0 Å². The summed E-state index contributed by atoms with van der Waals surface area (Å²) in [7, 11) is 0. The fourth-order valence-electron chi connectivity index (χ4n) is 3.65. The molecular formula is C21H32N2O2. The average Bonchev–Trinajstić information content (AvgIpc) is 3.08. The van der Waals surface area contributed by atoms with E-state index in [-0.39, 0.29) is 17.9 Å². The number of likely N-dealkylation sites (tertiary alicyclic amines) is 1. The molecule has 0 N–H and O–H groups in total. The van der Waals surface area contributed by atoms with Gasteiger partial charge in [0.15, 0.2) is 0 Å². The number of benzene rings is 1. The van der Waals surface area contributed by atoms with Crippen LogP contribution in [0.4, 0.5) is 0 Å². The van der Waals surface area contributed by atoms with Crippen LogP contribution in [0.1, 0.15) is 68.7 Å². The summed E-state index contributed by atoms with van der Waals surface area (Å²) < 4.78 is 0. The number of hydrogen-bond acceptors (Lipinski definition) is 2. The van der Waals surface area contributed by atoms with E-state index in [1.807, 2.05) is 23.6 Å². The van der Waals surface area contributed by atoms with Crippen LogP contribution in [0.3, 0.4) is 0 Å². The van der Waals surface area contributed by atoms with Crippen LogP contribution in [0.25, 0.3) is 0 Å². The minimum atomic E-state index is 0.157. The highest BCUT2D eigenvalue weighted by Gasteiger charge is 2.29. The molecule has 1 unspecified atom stereocenters. The second kappa shape index (κ2) is 9.02. The Kier molecular flexibility index (Phi) is 7.03. The Labute approximate surface area is 152 Å². The Morgan fingerprint density at radius 3 is 2.48 bits per heavy atom. The van der Waals surface area contributed by atoms with Gasteiger partial charge in [-0.1, -0.05) is 18.2 Å². The third-order valence-electron chi connectivity index (χ3n) is 5.39. The molecule has 2 amide bonds. The Bertz CT molecular complexity index is 608. The van der Waals surface area contributed by atoms with Gasteiger partial charge in [-0.2, -0.15) is 0 Å². The monoisotopic (exact) mass is 344 g/mol. The second-order valence-corrected chi connectivity index (χ2v) is 7.01. The normalized spacial score (nSPS) is 17.0. The molecule has 1 fully saturated rings. The molecule has 1 aromatic carbocycles. The third kappa shape index (κ3) is 4.83. The molecule has 0 aliphatic carbocycles. The molecule has 1 aromatic rings. The summed E-state index contributed by atoms with van der Waals surface area (Å²) in [4.78, 5) is 28.6. The van der Waals surface area contributed by atoms with Crippen LogP contribution in [-0.4, -0.2) is 41.2 Å². The summed E-state index contributed by atoms with van der Waals surface area (Å²) in [6.45, 7) is 10.5. The van der Waals surface area contributed by atoms with Gasteiger partial charge in [-0.05, 0) is 63.6 Å². The average molecular weight is 344 g/mol. The molecule has 0 saturated carbocycles. The van der Waals surface area contributed by atoms with Gasteiger partial charge in [0.1, 0.15) is 0 Å². The summed E-state index contributed by atoms with van der Waals surface area (Å²) in [6.07, 6.45) is 3.67. The summed E-state index contributed by atoms with van der Waals surface area (Å²) in [6, 6.07) is 6.72. The van der Waals surface area contributed by atoms with Crippen molar-refractivity contribution in [3.63, 3.8) is 0 Å². The van der Waals surface area contributed by atoms with Gasteiger partial charge in [-0.25, -0.2) is 0 Å². The van der Waals surface area contributed by atoms with Crippen molar-refractivity contribution in [2.45, 2.75) is 65.8 Å². The highest BCUT2D eigenvalue weighted by atomic mass is 16.2. The van der Waals surface area contributed by atoms with Gasteiger partial charge in [0, 0.05) is 32.5 Å². The molecule has 1 saturated heterocycles. The molecule has 0 spiro atoms. The molecule has 1 heterocycles. The SMILES string of the molecule is CCN(CC)C(=O)CCCC(=O)N1CCCC1c1ccc(C)c(C)c1. The van der Waals surface area contributed by atoms with Crippen molar-refractivity contribution in [1.82, 2.24) is 9.80 Å². The van der Waals surface area contributed by atoms with E-state index in [2.05, 4.69) is 32.0 Å². The van der Waals surface area contributed by atoms with Gasteiger partial charge in [0.2, 0.25) is 11.8 Å². The van der Waals surface area contributed by atoms with Crippen LogP contribution in [0.15, 0.2) is 18.2 Å². The molecule has 0 aromatic heterocycles. The second-order valence-electron chi connectivity index (χ2n) is 7.01. The molecule has 4 heteroatoms. The van der Waals surface area contributed by atoms with E-state index >= 15 is 0 Å². The largest absolute Gasteiger partial charge is 0.343 e. The van der Waals surface area contributed by atoms with Gasteiger partial charge >= 0.3 is 0 Å². The zero-order valence-electron chi connectivity index (χ0n) is 16.2. The fourth-order valence-corrected chi connectivity index (χ4v) is 3.65. The van der Waals surface area contributed by atoms with E-state index < -0.39 is 0 Å². The van der Waals surface area contributed by atoms with Crippen LogP contribution in [0.2, 0.25) is 0 Å². The minimum absolute atomic E-state index is 0.157. The van der Waals surface area contributed by atoms with Crippen molar-refractivity contribution in [2.24, 2.45) is 0 Å². The van der Waals surface area contributed by atoms with Crippen LogP contribution < -0.4 is 0 Å². The highest BCUT2D eigenvalue weighted by Crippen LogP contribution is 2.33. The first-order chi connectivity index (χ1) is 12.0. The molecule has 138 valence electrons. The van der Waals surface area contributed by atoms with E-state index in [1.165, 1.54) is 16.7 Å². The molecule has 4 nitrogen and oxygen atoms in total. The van der Waals surface area contributed by atoms with Crippen LogP contribution >= 0.6 is 0 Å². The first-order valence-corrected chi connectivity index (χ1v) is 9.62. The molecule has 1 aliphatic rings. The maximum absolute atomic E-state index is 12.7. The van der Waals surface area contributed by atoms with Gasteiger partial charge in [0.05, 0.1) is 6.04 Å². The Morgan fingerprint density at radius 2 is 1.84 bits per heavy atom. The Hall–Kier alpha value is -1.84. The summed E-state index contributed by atoms with van der Waals surface area (Å²) >= 11 is 0. The van der Waals surface area contributed by atoms with Gasteiger partial charge in [-0.3, -0.25) is 9.59 Å². The number of carbonyl (C=O) groups excluding carboxylic acids is 2. The molecule has 1 aliphatic heterocycles. The molecule has 2 rings (SSSR count). The maximum Gasteiger partial charge on any atom is 0.223 e. The minimum Gasteiger partial charge on any atom is -0.343 e. The number of rotatable bonds is 7. The molecule has 1 atom stereocenters. The van der Waals surface area contributed by atoms with Gasteiger partial charge < -0.3 is 9.80 Å². The van der Waals surface area contributed by atoms with E-state index in [9.17, 15) is 9.59 Å². The zero-order chi connectivity index (χ0) is 18.4. The predicted molar refractivity (Wildman–Crippen MR) is 101 cm³/mol. The van der Waals surface area contributed by atoms with Crippen molar-refractivity contribution in [2.75, 3.05) is 19.6 Å². The van der Waals surface area contributed by atoms with Crippen LogP contribution in [0.5, 0.6) is 0 Å². The predicted octanol–water partition coefficient (Wildman–Crippen LogP) is 4.01. The lowest BCUT2D eigenvalue weighted by atomic mass is 9.99. The Morgan fingerprint density at radius 1 is 1.12 bits per heavy atom. The maximum atomic E-state index is 12.7. The van der Waals surface area contributed by atoms with E-state index in [0.29, 0.717) is 19.3 Å². The van der Waals surface area contributed by atoms with Crippen LogP contribution in [0, 0.1) is 13.8 Å². The van der Waals surface area contributed by atoms with Crippen molar-refractivity contribution < 1.29 is 9.59 Å². The lowest BCUT2D eigenvalue weighted by Crippen LogP contribution is -2.32. The molecule has 0 radical (unpaired) electrons. The van der Waals surface area contributed by atoms with E-state index in [0.717, 1.165) is 32.5 Å². The van der Waals surface area contributed by atoms with Crippen molar-refractivity contribution in [3.8, 4) is 0 Å². The number of nitrogens with zero attached hydrogens (tertiary/aromatic N) is 2. The van der Waals surface area contributed by atoms with Crippen molar-refractivity contribution in [3.05, 3.63) is 34.9 Å². The Balaban J connectivity index is 1.92. The molecule has 25 heavy (non-hydrogen) atoms. The summed E-state index contributed by atoms with van der Waals surface area (Å²) in [5, 5.41) is 0. The topological polar surface area (TPSA) is 40.6 Å².